The fourth-order valence-electron chi connectivity index (χ4n) is 3.32. The number of aryl methyl sites for hydroxylation is 1. The van der Waals surface area contributed by atoms with E-state index in [2.05, 4.69) is 26.6 Å². The molecule has 0 saturated heterocycles. The van der Waals surface area contributed by atoms with Gasteiger partial charge < -0.3 is 25.2 Å². The van der Waals surface area contributed by atoms with Crippen LogP contribution in [0.5, 0.6) is 11.5 Å². The third kappa shape index (κ3) is 6.51. The molecule has 0 atom stereocenters. The Hall–Kier alpha value is -3.52. The van der Waals surface area contributed by atoms with Crippen LogP contribution >= 0.6 is 15.9 Å². The molecule has 34 heavy (non-hydrogen) atoms. The lowest BCUT2D eigenvalue weighted by molar-refractivity contribution is -0.118. The lowest BCUT2D eigenvalue weighted by Crippen LogP contribution is -2.20. The summed E-state index contributed by atoms with van der Waals surface area (Å²) in [6, 6.07) is 16.2. The van der Waals surface area contributed by atoms with Gasteiger partial charge in [-0.15, -0.1) is 0 Å². The molecule has 3 aromatic rings. The molecule has 0 spiro atoms. The summed E-state index contributed by atoms with van der Waals surface area (Å²) < 4.78 is 12.3. The Balaban J connectivity index is 1.70. The van der Waals surface area contributed by atoms with Gasteiger partial charge in [0.25, 0.3) is 5.91 Å². The van der Waals surface area contributed by atoms with Gasteiger partial charge in [-0.2, -0.15) is 0 Å². The second-order valence-corrected chi connectivity index (χ2v) is 8.52. The zero-order valence-electron chi connectivity index (χ0n) is 19.3. The zero-order valence-corrected chi connectivity index (χ0v) is 20.9. The second-order valence-electron chi connectivity index (χ2n) is 7.66. The maximum absolute atomic E-state index is 12.3. The Kier molecular flexibility index (Phi) is 8.54. The third-order valence-electron chi connectivity index (χ3n) is 5.14. The highest BCUT2D eigenvalue weighted by Gasteiger charge is 2.14. The molecule has 178 valence electrons. The molecule has 7 nitrogen and oxygen atoms in total. The number of rotatable bonds is 10. The molecule has 0 unspecified atom stereocenters. The first-order chi connectivity index (χ1) is 16.3. The van der Waals surface area contributed by atoms with Crippen LogP contribution < -0.4 is 20.1 Å². The molecule has 3 N–H and O–H groups in total. The summed E-state index contributed by atoms with van der Waals surface area (Å²) in [7, 11) is 0. The number of halogens is 1. The summed E-state index contributed by atoms with van der Waals surface area (Å²) in [5.41, 5.74) is 4.36. The summed E-state index contributed by atoms with van der Waals surface area (Å²) >= 11 is 3.56. The van der Waals surface area contributed by atoms with Gasteiger partial charge in [0, 0.05) is 22.4 Å². The molecule has 0 bridgehead atoms. The summed E-state index contributed by atoms with van der Waals surface area (Å²) in [6.45, 7) is 6.31. The van der Waals surface area contributed by atoms with Crippen molar-refractivity contribution in [3.63, 3.8) is 0 Å². The molecule has 0 saturated carbocycles. The van der Waals surface area contributed by atoms with Crippen LogP contribution in [0.4, 0.5) is 11.4 Å². The normalized spacial score (nSPS) is 10.5. The monoisotopic (exact) mass is 526 g/mol. The van der Waals surface area contributed by atoms with Crippen LogP contribution in [0.15, 0.2) is 59.1 Å². The van der Waals surface area contributed by atoms with Gasteiger partial charge in [0.05, 0.1) is 12.2 Å². The van der Waals surface area contributed by atoms with Crippen LogP contribution in [-0.4, -0.2) is 30.2 Å². The molecule has 0 aliphatic heterocycles. The molecule has 3 rings (SSSR count). The van der Waals surface area contributed by atoms with E-state index < -0.39 is 5.97 Å². The number of carboxylic acid groups (broad SMARTS) is 1. The van der Waals surface area contributed by atoms with Crippen molar-refractivity contribution in [3.05, 3.63) is 81.3 Å². The lowest BCUT2D eigenvalue weighted by Gasteiger charge is -2.16. The first kappa shape index (κ1) is 25.1. The van der Waals surface area contributed by atoms with Crippen molar-refractivity contribution in [1.82, 2.24) is 0 Å². The summed E-state index contributed by atoms with van der Waals surface area (Å²) in [5.74, 6) is -0.280. The molecule has 0 aliphatic carbocycles. The van der Waals surface area contributed by atoms with E-state index in [1.165, 1.54) is 0 Å². The molecule has 0 radical (unpaired) electrons. The number of amides is 1. The molecular formula is C26H27BrN2O5. The number of carbonyl (C=O) groups is 2. The van der Waals surface area contributed by atoms with Crippen molar-refractivity contribution >= 4 is 39.2 Å². The van der Waals surface area contributed by atoms with Crippen LogP contribution in [-0.2, 0) is 11.3 Å². The Morgan fingerprint density at radius 1 is 1.00 bits per heavy atom. The number of carboxylic acids is 1. The van der Waals surface area contributed by atoms with E-state index in [1.54, 1.807) is 25.1 Å². The average molecular weight is 527 g/mol. The first-order valence-corrected chi connectivity index (χ1v) is 11.6. The van der Waals surface area contributed by atoms with Gasteiger partial charge in [0.2, 0.25) is 0 Å². The predicted molar refractivity (Wildman–Crippen MR) is 136 cm³/mol. The molecule has 0 heterocycles. The highest BCUT2D eigenvalue weighted by Crippen LogP contribution is 2.34. The Morgan fingerprint density at radius 3 is 2.38 bits per heavy atom. The molecule has 3 aromatic carbocycles. The molecule has 0 aliphatic rings. The van der Waals surface area contributed by atoms with Gasteiger partial charge >= 0.3 is 5.97 Å². The Morgan fingerprint density at radius 2 is 1.71 bits per heavy atom. The summed E-state index contributed by atoms with van der Waals surface area (Å²) in [6.07, 6.45) is 0. The number of carbonyl (C=O) groups excluding carboxylic acids is 1. The summed E-state index contributed by atoms with van der Waals surface area (Å²) in [4.78, 5) is 23.7. The highest BCUT2D eigenvalue weighted by molar-refractivity contribution is 9.10. The number of ether oxygens (including phenoxy) is 2. The molecule has 0 aromatic heterocycles. The van der Waals surface area contributed by atoms with Crippen molar-refractivity contribution < 1.29 is 24.2 Å². The Labute approximate surface area is 207 Å². The van der Waals surface area contributed by atoms with E-state index in [4.69, 9.17) is 9.47 Å². The number of hydrogen-bond acceptors (Lipinski definition) is 5. The molecular weight excluding hydrogens is 500 g/mol. The van der Waals surface area contributed by atoms with Crippen LogP contribution in [0.25, 0.3) is 0 Å². The van der Waals surface area contributed by atoms with E-state index in [9.17, 15) is 14.7 Å². The molecule has 1 amide bonds. The zero-order chi connectivity index (χ0) is 24.7. The van der Waals surface area contributed by atoms with Gasteiger partial charge in [-0.3, -0.25) is 4.79 Å². The maximum Gasteiger partial charge on any atom is 0.336 e. The lowest BCUT2D eigenvalue weighted by atomic mass is 10.1. The van der Waals surface area contributed by atoms with E-state index >= 15 is 0 Å². The van der Waals surface area contributed by atoms with E-state index in [-0.39, 0.29) is 18.1 Å². The predicted octanol–water partition coefficient (Wildman–Crippen LogP) is 5.79. The minimum absolute atomic E-state index is 0.167. The van der Waals surface area contributed by atoms with Crippen molar-refractivity contribution in [1.29, 1.82) is 0 Å². The van der Waals surface area contributed by atoms with Crippen LogP contribution in [0.2, 0.25) is 0 Å². The van der Waals surface area contributed by atoms with Crippen LogP contribution in [0.1, 0.15) is 34.0 Å². The number of nitrogens with one attached hydrogen (secondary N) is 2. The number of anilines is 2. The van der Waals surface area contributed by atoms with Crippen LogP contribution in [0.3, 0.4) is 0 Å². The van der Waals surface area contributed by atoms with Gasteiger partial charge in [0.15, 0.2) is 18.1 Å². The van der Waals surface area contributed by atoms with Crippen molar-refractivity contribution in [2.45, 2.75) is 27.3 Å². The number of hydrogen-bond donors (Lipinski definition) is 3. The molecule has 0 fully saturated rings. The van der Waals surface area contributed by atoms with E-state index in [0.29, 0.717) is 35.9 Å². The Bertz CT molecular complexity index is 1180. The fraction of sp³-hybridized carbons (Fsp3) is 0.231. The smallest absolute Gasteiger partial charge is 0.336 e. The quantitative estimate of drug-likeness (QED) is 0.309. The fourth-order valence-corrected chi connectivity index (χ4v) is 3.78. The molecule has 8 heteroatoms. The van der Waals surface area contributed by atoms with Crippen molar-refractivity contribution in [2.24, 2.45) is 0 Å². The van der Waals surface area contributed by atoms with E-state index in [1.807, 2.05) is 50.2 Å². The number of benzene rings is 3. The van der Waals surface area contributed by atoms with E-state index in [0.717, 1.165) is 21.3 Å². The minimum atomic E-state index is -0.964. The van der Waals surface area contributed by atoms with Crippen LogP contribution in [0, 0.1) is 13.8 Å². The topological polar surface area (TPSA) is 96.9 Å². The summed E-state index contributed by atoms with van der Waals surface area (Å²) in [5, 5.41) is 15.4. The largest absolute Gasteiger partial charge is 0.490 e. The van der Waals surface area contributed by atoms with Crippen molar-refractivity contribution in [3.8, 4) is 11.5 Å². The average Bonchev–Trinajstić information content (AvgIpc) is 2.80. The second kappa shape index (κ2) is 11.6. The standard InChI is InChI=1S/C26H27BrN2O5/c1-4-33-23-12-18(14-28-22-7-5-6-20(17(22)3)26(31)32)21(27)13-24(23)34-15-25(30)29-19-10-8-16(2)9-11-19/h5-13,28H,4,14-15H2,1-3H3,(H,29,30)(H,31,32). The van der Waals surface area contributed by atoms with Gasteiger partial charge in [0.1, 0.15) is 0 Å². The SMILES string of the molecule is CCOc1cc(CNc2cccc(C(=O)O)c2C)c(Br)cc1OCC(=O)Nc1ccc(C)cc1. The first-order valence-electron chi connectivity index (χ1n) is 10.8. The van der Waals surface area contributed by atoms with Gasteiger partial charge in [-0.1, -0.05) is 39.7 Å². The third-order valence-corrected chi connectivity index (χ3v) is 5.88. The minimum Gasteiger partial charge on any atom is -0.490 e. The maximum atomic E-state index is 12.3. The van der Waals surface area contributed by atoms with Gasteiger partial charge in [-0.05, 0) is 68.3 Å². The van der Waals surface area contributed by atoms with Crippen molar-refractivity contribution in [2.75, 3.05) is 23.8 Å². The number of aromatic carboxylic acids is 1. The van der Waals surface area contributed by atoms with Gasteiger partial charge in [-0.25, -0.2) is 4.79 Å². The highest BCUT2D eigenvalue weighted by atomic mass is 79.9.